The Balaban J connectivity index is 2.60. The summed E-state index contributed by atoms with van der Waals surface area (Å²) in [4.78, 5) is 0. The van der Waals surface area contributed by atoms with Crippen molar-refractivity contribution in [1.29, 1.82) is 0 Å². The Hall–Kier alpha value is -0.160. The number of fused-ring (bicyclic) bond motifs is 1. The topological polar surface area (TPSA) is 26.0 Å². The third kappa shape index (κ3) is 1.25. The van der Waals surface area contributed by atoms with Crippen LogP contribution in [0.3, 0.4) is 0 Å². The molecule has 0 aliphatic heterocycles. The predicted molar refractivity (Wildman–Crippen MR) is 54.4 cm³/mol. The quantitative estimate of drug-likeness (QED) is 0.724. The predicted octanol–water partition coefficient (Wildman–Crippen LogP) is 2.38. The van der Waals surface area contributed by atoms with Gasteiger partial charge in [0.05, 0.1) is 0 Å². The van der Waals surface area contributed by atoms with E-state index in [-0.39, 0.29) is 11.9 Å². The van der Waals surface area contributed by atoms with Gasteiger partial charge in [-0.25, -0.2) is 4.39 Å². The van der Waals surface area contributed by atoms with E-state index in [4.69, 9.17) is 5.73 Å². The highest BCUT2D eigenvalue weighted by molar-refractivity contribution is 14.1. The number of rotatable bonds is 0. The second-order valence-corrected chi connectivity index (χ2v) is 4.26. The fraction of sp³-hybridized carbons (Fsp3) is 0.333. The van der Waals surface area contributed by atoms with E-state index in [1.54, 1.807) is 12.1 Å². The van der Waals surface area contributed by atoms with Crippen molar-refractivity contribution in [1.82, 2.24) is 0 Å². The Labute approximate surface area is 84.3 Å². The maximum Gasteiger partial charge on any atom is 0.124 e. The smallest absolute Gasteiger partial charge is 0.124 e. The molecule has 12 heavy (non-hydrogen) atoms. The second-order valence-electron chi connectivity index (χ2n) is 3.10. The van der Waals surface area contributed by atoms with Crippen LogP contribution in [-0.2, 0) is 6.42 Å². The molecule has 0 spiro atoms. The van der Waals surface area contributed by atoms with Crippen molar-refractivity contribution in [2.75, 3.05) is 0 Å². The van der Waals surface area contributed by atoms with Gasteiger partial charge in [-0.15, -0.1) is 0 Å². The molecule has 0 heterocycles. The molecule has 0 unspecified atom stereocenters. The van der Waals surface area contributed by atoms with Crippen molar-refractivity contribution >= 4 is 22.6 Å². The molecule has 1 aromatic rings. The van der Waals surface area contributed by atoms with Crippen LogP contribution in [0.4, 0.5) is 4.39 Å². The highest BCUT2D eigenvalue weighted by Crippen LogP contribution is 2.32. The minimum absolute atomic E-state index is 0.0456. The molecule has 2 rings (SSSR count). The first-order valence-electron chi connectivity index (χ1n) is 3.92. The van der Waals surface area contributed by atoms with Crippen LogP contribution in [0.5, 0.6) is 0 Å². The molecule has 1 aliphatic carbocycles. The Bertz CT molecular complexity index is 325. The van der Waals surface area contributed by atoms with Crippen molar-refractivity contribution in [2.45, 2.75) is 18.9 Å². The molecular formula is C9H9FIN. The molecule has 0 saturated carbocycles. The van der Waals surface area contributed by atoms with E-state index in [0.717, 1.165) is 22.0 Å². The third-order valence-corrected chi connectivity index (χ3v) is 3.26. The Kier molecular flexibility index (Phi) is 2.08. The summed E-state index contributed by atoms with van der Waals surface area (Å²) in [6, 6.07) is 3.18. The SMILES string of the molecule is N[C@@H]1CCc2c(I)cc(F)cc21. The zero-order chi connectivity index (χ0) is 8.72. The summed E-state index contributed by atoms with van der Waals surface area (Å²) < 4.78 is 13.9. The molecule has 0 saturated heterocycles. The zero-order valence-corrected chi connectivity index (χ0v) is 8.64. The average Bonchev–Trinajstić information content (AvgIpc) is 2.33. The highest BCUT2D eigenvalue weighted by atomic mass is 127. The van der Waals surface area contributed by atoms with Gasteiger partial charge in [-0.1, -0.05) is 0 Å². The normalized spacial score (nSPS) is 21.1. The van der Waals surface area contributed by atoms with Crippen LogP contribution in [0.2, 0.25) is 0 Å². The minimum atomic E-state index is -0.171. The van der Waals surface area contributed by atoms with Gasteiger partial charge in [0.15, 0.2) is 0 Å². The molecular weight excluding hydrogens is 268 g/mol. The lowest BCUT2D eigenvalue weighted by molar-refractivity contribution is 0.621. The average molecular weight is 277 g/mol. The van der Waals surface area contributed by atoms with E-state index in [1.807, 2.05) is 0 Å². The monoisotopic (exact) mass is 277 g/mol. The third-order valence-electron chi connectivity index (χ3n) is 2.30. The lowest BCUT2D eigenvalue weighted by Crippen LogP contribution is -2.05. The molecule has 0 fully saturated rings. The van der Waals surface area contributed by atoms with Crippen LogP contribution < -0.4 is 5.73 Å². The van der Waals surface area contributed by atoms with Crippen LogP contribution in [0.1, 0.15) is 23.6 Å². The lowest BCUT2D eigenvalue weighted by atomic mass is 10.1. The van der Waals surface area contributed by atoms with E-state index >= 15 is 0 Å². The highest BCUT2D eigenvalue weighted by Gasteiger charge is 2.21. The van der Waals surface area contributed by atoms with Gasteiger partial charge in [0.25, 0.3) is 0 Å². The molecule has 0 bridgehead atoms. The summed E-state index contributed by atoms with van der Waals surface area (Å²) >= 11 is 2.17. The molecule has 2 N–H and O–H groups in total. The van der Waals surface area contributed by atoms with E-state index in [9.17, 15) is 4.39 Å². The van der Waals surface area contributed by atoms with Crippen molar-refractivity contribution in [2.24, 2.45) is 5.73 Å². The number of hydrogen-bond donors (Lipinski definition) is 1. The minimum Gasteiger partial charge on any atom is -0.324 e. The maximum absolute atomic E-state index is 12.9. The van der Waals surface area contributed by atoms with Crippen molar-refractivity contribution in [3.63, 3.8) is 0 Å². The summed E-state index contributed by atoms with van der Waals surface area (Å²) in [5.74, 6) is -0.171. The summed E-state index contributed by atoms with van der Waals surface area (Å²) in [5, 5.41) is 0. The largest absolute Gasteiger partial charge is 0.324 e. The maximum atomic E-state index is 12.9. The first kappa shape index (κ1) is 8.44. The summed E-state index contributed by atoms with van der Waals surface area (Å²) in [6.45, 7) is 0. The number of nitrogens with two attached hydrogens (primary N) is 1. The van der Waals surface area contributed by atoms with Crippen LogP contribution in [0, 0.1) is 9.39 Å². The van der Waals surface area contributed by atoms with E-state index in [0.29, 0.717) is 0 Å². The number of hydrogen-bond acceptors (Lipinski definition) is 1. The molecule has 3 heteroatoms. The summed E-state index contributed by atoms with van der Waals surface area (Å²) in [7, 11) is 0. The second kappa shape index (κ2) is 2.96. The van der Waals surface area contributed by atoms with E-state index < -0.39 is 0 Å². The summed E-state index contributed by atoms with van der Waals surface area (Å²) in [6.07, 6.45) is 1.95. The van der Waals surface area contributed by atoms with Gasteiger partial charge < -0.3 is 5.73 Å². The van der Waals surface area contributed by atoms with E-state index in [2.05, 4.69) is 22.6 Å². The lowest BCUT2D eigenvalue weighted by Gasteiger charge is -2.05. The van der Waals surface area contributed by atoms with Gasteiger partial charge in [0, 0.05) is 9.61 Å². The molecule has 64 valence electrons. The van der Waals surface area contributed by atoms with Gasteiger partial charge in [0.2, 0.25) is 0 Å². The number of benzene rings is 1. The van der Waals surface area contributed by atoms with Crippen LogP contribution >= 0.6 is 22.6 Å². The Morgan fingerprint density at radius 3 is 3.00 bits per heavy atom. The van der Waals surface area contributed by atoms with Crippen molar-refractivity contribution in [3.05, 3.63) is 32.6 Å². The first-order chi connectivity index (χ1) is 5.68. The van der Waals surface area contributed by atoms with E-state index in [1.165, 1.54) is 5.56 Å². The van der Waals surface area contributed by atoms with Crippen LogP contribution in [0.25, 0.3) is 0 Å². The van der Waals surface area contributed by atoms with Gasteiger partial charge >= 0.3 is 0 Å². The Morgan fingerprint density at radius 1 is 1.50 bits per heavy atom. The fourth-order valence-corrected chi connectivity index (χ4v) is 2.55. The van der Waals surface area contributed by atoms with Gasteiger partial charge in [0.1, 0.15) is 5.82 Å². The van der Waals surface area contributed by atoms with Crippen LogP contribution in [-0.4, -0.2) is 0 Å². The number of halogens is 2. The van der Waals surface area contributed by atoms with Gasteiger partial charge in [-0.05, 0) is 58.7 Å². The van der Waals surface area contributed by atoms with Crippen molar-refractivity contribution in [3.8, 4) is 0 Å². The molecule has 1 aromatic carbocycles. The zero-order valence-electron chi connectivity index (χ0n) is 6.48. The molecule has 1 atom stereocenters. The summed E-state index contributed by atoms with van der Waals surface area (Å²) in [5.41, 5.74) is 8.05. The Morgan fingerprint density at radius 2 is 2.25 bits per heavy atom. The molecule has 1 aliphatic rings. The van der Waals surface area contributed by atoms with Gasteiger partial charge in [-0.3, -0.25) is 0 Å². The standard InChI is InChI=1S/C9H9FIN/c10-5-3-7-6(8(11)4-5)1-2-9(7)12/h3-4,9H,1-2,12H2/t9-/m1/s1. The van der Waals surface area contributed by atoms with Crippen LogP contribution in [0.15, 0.2) is 12.1 Å². The van der Waals surface area contributed by atoms with Crippen molar-refractivity contribution < 1.29 is 4.39 Å². The molecule has 0 amide bonds. The molecule has 1 nitrogen and oxygen atoms in total. The van der Waals surface area contributed by atoms with Gasteiger partial charge in [-0.2, -0.15) is 0 Å². The molecule has 0 aromatic heterocycles. The fourth-order valence-electron chi connectivity index (χ4n) is 1.67. The molecule has 0 radical (unpaired) electrons. The first-order valence-corrected chi connectivity index (χ1v) is 5.00.